The molecule has 0 atom stereocenters. The molecule has 0 bridgehead atoms. The van der Waals surface area contributed by atoms with E-state index in [1.165, 1.54) is 0 Å². The second kappa shape index (κ2) is 6.03. The molecule has 0 aliphatic carbocycles. The van der Waals surface area contributed by atoms with E-state index in [1.807, 2.05) is 6.07 Å². The lowest BCUT2D eigenvalue weighted by atomic mass is 9.90. The Hall–Kier alpha value is -0.840. The molecule has 4 heteroatoms. The highest BCUT2D eigenvalue weighted by Gasteiger charge is 2.16. The maximum absolute atomic E-state index is 8.88. The van der Waals surface area contributed by atoms with E-state index in [4.69, 9.17) is 14.6 Å². The zero-order valence-electron chi connectivity index (χ0n) is 9.99. The molecule has 92 valence electrons. The van der Waals surface area contributed by atoms with Crippen molar-refractivity contribution in [1.29, 1.82) is 0 Å². The number of hydrogen-bond acceptors (Lipinski definition) is 4. The Kier molecular flexibility index (Phi) is 4.99. The largest absolute Gasteiger partial charge is 0.462 e. The van der Waals surface area contributed by atoms with Gasteiger partial charge in [0.05, 0.1) is 6.54 Å². The van der Waals surface area contributed by atoms with Gasteiger partial charge in [-0.25, -0.2) is 0 Å². The van der Waals surface area contributed by atoms with E-state index in [1.54, 1.807) is 6.07 Å². The minimum atomic E-state index is -0.0595. The Morgan fingerprint density at radius 1 is 1.25 bits per heavy atom. The molecule has 0 unspecified atom stereocenters. The van der Waals surface area contributed by atoms with E-state index in [0.29, 0.717) is 12.3 Å². The van der Waals surface area contributed by atoms with Crippen LogP contribution >= 0.6 is 0 Å². The van der Waals surface area contributed by atoms with Crippen LogP contribution in [0.5, 0.6) is 0 Å². The molecule has 0 aliphatic rings. The standard InChI is InChI=1S/C12H21NO3/c1-12(2,5-6-14)9-13-7-10-3-4-11(8-15)16-10/h3-4,13-15H,5-9H2,1-2H3. The summed E-state index contributed by atoms with van der Waals surface area (Å²) in [5, 5.41) is 21.0. The number of nitrogens with one attached hydrogen (secondary N) is 1. The van der Waals surface area contributed by atoms with Gasteiger partial charge >= 0.3 is 0 Å². The predicted molar refractivity (Wildman–Crippen MR) is 61.8 cm³/mol. The Morgan fingerprint density at radius 2 is 1.94 bits per heavy atom. The highest BCUT2D eigenvalue weighted by molar-refractivity contribution is 5.06. The van der Waals surface area contributed by atoms with Gasteiger partial charge in [-0.1, -0.05) is 13.8 Å². The molecular weight excluding hydrogens is 206 g/mol. The maximum Gasteiger partial charge on any atom is 0.129 e. The van der Waals surface area contributed by atoms with E-state index in [2.05, 4.69) is 19.2 Å². The lowest BCUT2D eigenvalue weighted by molar-refractivity contribution is 0.205. The van der Waals surface area contributed by atoms with Crippen molar-refractivity contribution in [1.82, 2.24) is 5.32 Å². The minimum absolute atomic E-state index is 0.0595. The first kappa shape index (κ1) is 13.2. The summed E-state index contributed by atoms with van der Waals surface area (Å²) in [7, 11) is 0. The van der Waals surface area contributed by atoms with Crippen LogP contribution < -0.4 is 5.32 Å². The molecular formula is C12H21NO3. The van der Waals surface area contributed by atoms with Gasteiger partial charge in [0.1, 0.15) is 18.1 Å². The molecule has 1 heterocycles. The van der Waals surface area contributed by atoms with Crippen molar-refractivity contribution in [2.24, 2.45) is 5.41 Å². The van der Waals surface area contributed by atoms with Crippen molar-refractivity contribution in [3.8, 4) is 0 Å². The number of rotatable bonds is 7. The predicted octanol–water partition coefficient (Wildman–Crippen LogP) is 1.27. The normalized spacial score (nSPS) is 12.0. The highest BCUT2D eigenvalue weighted by Crippen LogP contribution is 2.18. The van der Waals surface area contributed by atoms with Gasteiger partial charge in [-0.05, 0) is 24.0 Å². The van der Waals surface area contributed by atoms with Crippen LogP contribution in [0.2, 0.25) is 0 Å². The van der Waals surface area contributed by atoms with E-state index >= 15 is 0 Å². The molecule has 0 fully saturated rings. The number of hydrogen-bond donors (Lipinski definition) is 3. The van der Waals surface area contributed by atoms with E-state index in [-0.39, 0.29) is 18.6 Å². The van der Waals surface area contributed by atoms with Crippen molar-refractivity contribution in [3.05, 3.63) is 23.7 Å². The monoisotopic (exact) mass is 227 g/mol. The zero-order valence-corrected chi connectivity index (χ0v) is 9.99. The van der Waals surface area contributed by atoms with Crippen LogP contribution in [0.1, 0.15) is 31.8 Å². The van der Waals surface area contributed by atoms with Gasteiger partial charge in [0.15, 0.2) is 0 Å². The van der Waals surface area contributed by atoms with Gasteiger partial charge in [0.2, 0.25) is 0 Å². The average Bonchev–Trinajstić information content (AvgIpc) is 2.65. The second-order valence-electron chi connectivity index (χ2n) is 4.77. The van der Waals surface area contributed by atoms with Gasteiger partial charge in [0, 0.05) is 13.2 Å². The van der Waals surface area contributed by atoms with Gasteiger partial charge in [-0.3, -0.25) is 0 Å². The summed E-state index contributed by atoms with van der Waals surface area (Å²) in [5.41, 5.74) is 0.0845. The van der Waals surface area contributed by atoms with Crippen LogP contribution in [0.4, 0.5) is 0 Å². The van der Waals surface area contributed by atoms with Gasteiger partial charge in [-0.2, -0.15) is 0 Å². The van der Waals surface area contributed by atoms with Crippen molar-refractivity contribution >= 4 is 0 Å². The summed E-state index contributed by atoms with van der Waals surface area (Å²) in [6.45, 7) is 5.84. The third-order valence-electron chi connectivity index (χ3n) is 2.56. The molecule has 1 aromatic heterocycles. The highest BCUT2D eigenvalue weighted by atomic mass is 16.4. The summed E-state index contributed by atoms with van der Waals surface area (Å²) in [6.07, 6.45) is 0.778. The maximum atomic E-state index is 8.88. The third kappa shape index (κ3) is 4.35. The van der Waals surface area contributed by atoms with Crippen molar-refractivity contribution in [2.45, 2.75) is 33.4 Å². The molecule has 1 aromatic rings. The fraction of sp³-hybridized carbons (Fsp3) is 0.667. The van der Waals surface area contributed by atoms with Crippen molar-refractivity contribution in [2.75, 3.05) is 13.2 Å². The Balaban J connectivity index is 2.29. The van der Waals surface area contributed by atoms with E-state index in [0.717, 1.165) is 18.7 Å². The quantitative estimate of drug-likeness (QED) is 0.656. The molecule has 4 nitrogen and oxygen atoms in total. The van der Waals surface area contributed by atoms with E-state index < -0.39 is 0 Å². The van der Waals surface area contributed by atoms with Crippen LogP contribution in [0.3, 0.4) is 0 Å². The molecule has 0 aromatic carbocycles. The zero-order chi connectivity index (χ0) is 12.0. The molecule has 0 aliphatic heterocycles. The van der Waals surface area contributed by atoms with Crippen LogP contribution in [-0.2, 0) is 13.2 Å². The van der Waals surface area contributed by atoms with Crippen molar-refractivity contribution < 1.29 is 14.6 Å². The number of furan rings is 1. The second-order valence-corrected chi connectivity index (χ2v) is 4.77. The SMILES string of the molecule is CC(C)(CCO)CNCc1ccc(CO)o1. The molecule has 0 spiro atoms. The Bertz CT molecular complexity index is 307. The van der Waals surface area contributed by atoms with Gasteiger partial charge in [0.25, 0.3) is 0 Å². The smallest absolute Gasteiger partial charge is 0.129 e. The number of aliphatic hydroxyl groups excluding tert-OH is 2. The molecule has 16 heavy (non-hydrogen) atoms. The lowest BCUT2D eigenvalue weighted by Gasteiger charge is -2.23. The molecule has 0 amide bonds. The first-order chi connectivity index (χ1) is 7.57. The topological polar surface area (TPSA) is 65.6 Å². The summed E-state index contributed by atoms with van der Waals surface area (Å²) in [5.74, 6) is 1.41. The third-order valence-corrected chi connectivity index (χ3v) is 2.56. The first-order valence-electron chi connectivity index (χ1n) is 5.57. The fourth-order valence-electron chi connectivity index (χ4n) is 1.52. The summed E-state index contributed by atoms with van der Waals surface area (Å²) in [6, 6.07) is 3.63. The summed E-state index contributed by atoms with van der Waals surface area (Å²) in [4.78, 5) is 0. The molecule has 0 radical (unpaired) electrons. The van der Waals surface area contributed by atoms with Crippen molar-refractivity contribution in [3.63, 3.8) is 0 Å². The Morgan fingerprint density at radius 3 is 2.50 bits per heavy atom. The van der Waals surface area contributed by atoms with Crippen LogP contribution in [-0.4, -0.2) is 23.4 Å². The number of aliphatic hydroxyl groups is 2. The Labute approximate surface area is 96.3 Å². The molecule has 3 N–H and O–H groups in total. The van der Waals surface area contributed by atoms with E-state index in [9.17, 15) is 0 Å². The average molecular weight is 227 g/mol. The van der Waals surface area contributed by atoms with Crippen LogP contribution in [0.25, 0.3) is 0 Å². The minimum Gasteiger partial charge on any atom is -0.462 e. The summed E-state index contributed by atoms with van der Waals surface area (Å²) < 4.78 is 5.35. The molecule has 1 rings (SSSR count). The fourth-order valence-corrected chi connectivity index (χ4v) is 1.52. The molecule has 0 saturated heterocycles. The summed E-state index contributed by atoms with van der Waals surface area (Å²) >= 11 is 0. The van der Waals surface area contributed by atoms with Crippen LogP contribution in [0, 0.1) is 5.41 Å². The van der Waals surface area contributed by atoms with Crippen LogP contribution in [0.15, 0.2) is 16.5 Å². The lowest BCUT2D eigenvalue weighted by Crippen LogP contribution is -2.29. The van der Waals surface area contributed by atoms with Gasteiger partial charge < -0.3 is 19.9 Å². The first-order valence-corrected chi connectivity index (χ1v) is 5.57. The van der Waals surface area contributed by atoms with Gasteiger partial charge in [-0.15, -0.1) is 0 Å². The molecule has 0 saturated carbocycles.